The number of aryl methyl sites for hydroxylation is 2. The Morgan fingerprint density at radius 2 is 1.85 bits per heavy atom. The predicted octanol–water partition coefficient (Wildman–Crippen LogP) is 1.96. The molecule has 0 aliphatic rings. The third kappa shape index (κ3) is 2.34. The molecule has 4 heterocycles. The van der Waals surface area contributed by atoms with E-state index in [2.05, 4.69) is 20.1 Å². The second-order valence-electron chi connectivity index (χ2n) is 5.78. The predicted molar refractivity (Wildman–Crippen MR) is 95.6 cm³/mol. The lowest BCUT2D eigenvalue weighted by Crippen LogP contribution is -2.29. The van der Waals surface area contributed by atoms with E-state index in [0.717, 1.165) is 27.9 Å². The molecule has 0 amide bonds. The van der Waals surface area contributed by atoms with Crippen molar-refractivity contribution in [2.45, 2.75) is 13.8 Å². The summed E-state index contributed by atoms with van der Waals surface area (Å²) in [5, 5.41) is 4.24. The summed E-state index contributed by atoms with van der Waals surface area (Å²) >= 11 is 0. The summed E-state index contributed by atoms with van der Waals surface area (Å²) < 4.78 is 8.03. The fraction of sp³-hybridized carbons (Fsp3) is 0.167. The molecule has 0 fully saturated rings. The maximum Gasteiger partial charge on any atom is 0.356 e. The summed E-state index contributed by atoms with van der Waals surface area (Å²) in [5.41, 5.74) is 4.07. The van der Waals surface area contributed by atoms with Gasteiger partial charge in [0, 0.05) is 35.9 Å². The van der Waals surface area contributed by atoms with E-state index < -0.39 is 0 Å². The topological polar surface area (TPSA) is 87.2 Å². The zero-order valence-corrected chi connectivity index (χ0v) is 14.5. The summed E-state index contributed by atoms with van der Waals surface area (Å²) in [6.45, 7) is 3.87. The van der Waals surface area contributed by atoms with Crippen LogP contribution in [-0.2, 0) is 0 Å². The lowest BCUT2D eigenvalue weighted by Gasteiger charge is -2.05. The molecule has 0 radical (unpaired) electrons. The molecule has 0 atom stereocenters. The minimum Gasteiger partial charge on any atom is -0.481 e. The van der Waals surface area contributed by atoms with E-state index in [1.165, 1.54) is 4.68 Å². The first-order valence-corrected chi connectivity index (χ1v) is 7.99. The highest BCUT2D eigenvalue weighted by atomic mass is 16.5. The Balaban J connectivity index is 2.00. The number of rotatable bonds is 3. The van der Waals surface area contributed by atoms with Gasteiger partial charge in [0.05, 0.1) is 18.8 Å². The van der Waals surface area contributed by atoms with Crippen LogP contribution in [0.25, 0.3) is 22.6 Å². The molecular weight excluding hydrogens is 332 g/mol. The highest BCUT2D eigenvalue weighted by Crippen LogP contribution is 2.32. The first kappa shape index (κ1) is 15.9. The number of aromatic nitrogens is 6. The van der Waals surface area contributed by atoms with Crippen LogP contribution in [0.2, 0.25) is 0 Å². The monoisotopic (exact) mass is 348 g/mol. The van der Waals surface area contributed by atoms with Crippen LogP contribution in [0, 0.1) is 13.8 Å². The number of pyridine rings is 1. The number of hydrogen-bond donors (Lipinski definition) is 0. The zero-order valence-electron chi connectivity index (χ0n) is 14.5. The van der Waals surface area contributed by atoms with Gasteiger partial charge in [-0.3, -0.25) is 4.40 Å². The summed E-state index contributed by atoms with van der Waals surface area (Å²) in [6.07, 6.45) is 6.48. The van der Waals surface area contributed by atoms with Crippen LogP contribution in [0.15, 0.2) is 47.8 Å². The molecule has 0 aliphatic carbocycles. The van der Waals surface area contributed by atoms with Crippen molar-refractivity contribution < 1.29 is 4.74 Å². The van der Waals surface area contributed by atoms with Gasteiger partial charge in [-0.1, -0.05) is 0 Å². The SMILES string of the molecule is COc1cc(-c2c(C)c3cnn(-c4ncccn4)c(=O)n3c2C)ccn1. The van der Waals surface area contributed by atoms with Gasteiger partial charge in [0.15, 0.2) is 0 Å². The lowest BCUT2D eigenvalue weighted by molar-refractivity contribution is 0.398. The fourth-order valence-electron chi connectivity index (χ4n) is 3.16. The van der Waals surface area contributed by atoms with Crippen molar-refractivity contribution in [3.05, 3.63) is 64.7 Å². The Morgan fingerprint density at radius 3 is 2.58 bits per heavy atom. The van der Waals surface area contributed by atoms with E-state index in [9.17, 15) is 4.79 Å². The van der Waals surface area contributed by atoms with Crippen LogP contribution in [0.3, 0.4) is 0 Å². The largest absolute Gasteiger partial charge is 0.481 e. The normalized spacial score (nSPS) is 11.0. The van der Waals surface area contributed by atoms with Crippen molar-refractivity contribution in [3.8, 4) is 23.0 Å². The molecule has 130 valence electrons. The Labute approximate surface area is 148 Å². The molecule has 0 saturated carbocycles. The zero-order chi connectivity index (χ0) is 18.3. The Kier molecular flexibility index (Phi) is 3.72. The maximum absolute atomic E-state index is 13.0. The van der Waals surface area contributed by atoms with Gasteiger partial charge in [0.1, 0.15) is 0 Å². The first-order chi connectivity index (χ1) is 12.6. The molecule has 4 aromatic rings. The van der Waals surface area contributed by atoms with Gasteiger partial charge in [-0.05, 0) is 37.1 Å². The average Bonchev–Trinajstić information content (AvgIpc) is 2.94. The Hall–Kier alpha value is -3.55. The fourth-order valence-corrected chi connectivity index (χ4v) is 3.16. The molecule has 0 aromatic carbocycles. The van der Waals surface area contributed by atoms with Crippen molar-refractivity contribution in [1.82, 2.24) is 29.1 Å². The van der Waals surface area contributed by atoms with Crippen molar-refractivity contribution in [1.29, 1.82) is 0 Å². The highest BCUT2D eigenvalue weighted by Gasteiger charge is 2.19. The van der Waals surface area contributed by atoms with E-state index in [-0.39, 0.29) is 11.6 Å². The third-order valence-electron chi connectivity index (χ3n) is 4.34. The number of ether oxygens (including phenoxy) is 1. The van der Waals surface area contributed by atoms with Crippen molar-refractivity contribution in [3.63, 3.8) is 0 Å². The second kappa shape index (κ2) is 6.07. The van der Waals surface area contributed by atoms with Crippen LogP contribution in [0.5, 0.6) is 5.88 Å². The molecule has 0 spiro atoms. The van der Waals surface area contributed by atoms with E-state index in [4.69, 9.17) is 4.74 Å². The quantitative estimate of drug-likeness (QED) is 0.562. The van der Waals surface area contributed by atoms with Gasteiger partial charge in [-0.25, -0.2) is 19.7 Å². The molecule has 0 aliphatic heterocycles. The molecule has 0 unspecified atom stereocenters. The van der Waals surface area contributed by atoms with Crippen LogP contribution >= 0.6 is 0 Å². The van der Waals surface area contributed by atoms with Crippen molar-refractivity contribution in [2.24, 2.45) is 0 Å². The molecule has 8 heteroatoms. The molecule has 0 saturated heterocycles. The summed E-state index contributed by atoms with van der Waals surface area (Å²) in [7, 11) is 1.57. The standard InChI is InChI=1S/C18H16N6O2/c1-11-14-10-22-24(17-20-6-4-7-21-17)18(25)23(14)12(2)16(11)13-5-8-19-15(9-13)26-3/h4-10H,1-3H3. The number of nitrogens with zero attached hydrogens (tertiary/aromatic N) is 6. The number of hydrogen-bond acceptors (Lipinski definition) is 6. The molecular formula is C18H16N6O2. The minimum atomic E-state index is -0.318. The Bertz CT molecular complexity index is 1160. The second-order valence-corrected chi connectivity index (χ2v) is 5.78. The molecule has 0 N–H and O–H groups in total. The van der Waals surface area contributed by atoms with E-state index in [1.807, 2.05) is 26.0 Å². The lowest BCUT2D eigenvalue weighted by atomic mass is 10.0. The van der Waals surface area contributed by atoms with Gasteiger partial charge in [-0.15, -0.1) is 4.68 Å². The molecule has 8 nitrogen and oxygen atoms in total. The van der Waals surface area contributed by atoms with Crippen LogP contribution < -0.4 is 10.4 Å². The van der Waals surface area contributed by atoms with Crippen molar-refractivity contribution >= 4 is 5.52 Å². The maximum atomic E-state index is 13.0. The average molecular weight is 348 g/mol. The molecule has 26 heavy (non-hydrogen) atoms. The van der Waals surface area contributed by atoms with Crippen LogP contribution in [-0.4, -0.2) is 36.2 Å². The van der Waals surface area contributed by atoms with Gasteiger partial charge in [-0.2, -0.15) is 5.10 Å². The van der Waals surface area contributed by atoms with Crippen LogP contribution in [0.4, 0.5) is 0 Å². The van der Waals surface area contributed by atoms with Gasteiger partial charge in [0.2, 0.25) is 5.88 Å². The first-order valence-electron chi connectivity index (χ1n) is 7.99. The minimum absolute atomic E-state index is 0.234. The molecule has 0 bridgehead atoms. The van der Waals surface area contributed by atoms with Gasteiger partial charge < -0.3 is 4.74 Å². The summed E-state index contributed by atoms with van der Waals surface area (Å²) in [5.74, 6) is 0.752. The number of methoxy groups -OCH3 is 1. The Morgan fingerprint density at radius 1 is 1.08 bits per heavy atom. The third-order valence-corrected chi connectivity index (χ3v) is 4.34. The van der Waals surface area contributed by atoms with E-state index in [0.29, 0.717) is 5.88 Å². The van der Waals surface area contributed by atoms with Gasteiger partial charge >= 0.3 is 5.69 Å². The smallest absolute Gasteiger partial charge is 0.356 e. The highest BCUT2D eigenvalue weighted by molar-refractivity contribution is 5.79. The van der Waals surface area contributed by atoms with E-state index in [1.54, 1.807) is 42.4 Å². The van der Waals surface area contributed by atoms with E-state index >= 15 is 0 Å². The molecule has 4 aromatic heterocycles. The number of fused-ring (bicyclic) bond motifs is 1. The van der Waals surface area contributed by atoms with Crippen molar-refractivity contribution in [2.75, 3.05) is 7.11 Å². The molecule has 4 rings (SSSR count). The summed E-state index contributed by atoms with van der Waals surface area (Å²) in [6, 6.07) is 5.43. The van der Waals surface area contributed by atoms with Crippen LogP contribution in [0.1, 0.15) is 11.3 Å². The summed E-state index contributed by atoms with van der Waals surface area (Å²) in [4.78, 5) is 25.4. The van der Waals surface area contributed by atoms with Gasteiger partial charge in [0.25, 0.3) is 5.95 Å².